The molecule has 2 aromatic carbocycles. The van der Waals surface area contributed by atoms with Gasteiger partial charge in [0.15, 0.2) is 0 Å². The van der Waals surface area contributed by atoms with E-state index < -0.39 is 4.92 Å². The first-order valence-corrected chi connectivity index (χ1v) is 9.76. The number of ether oxygens (including phenoxy) is 1. The number of hydrogen-bond donors (Lipinski definition) is 2. The molecule has 1 saturated heterocycles. The number of nitrogens with one attached hydrogen (secondary N) is 2. The van der Waals surface area contributed by atoms with Crippen molar-refractivity contribution < 1.29 is 14.5 Å². The second-order valence-electron chi connectivity index (χ2n) is 6.83. The van der Waals surface area contributed by atoms with Gasteiger partial charge in [-0.2, -0.15) is 0 Å². The van der Waals surface area contributed by atoms with E-state index in [1.54, 1.807) is 18.2 Å². The van der Waals surface area contributed by atoms with Crippen molar-refractivity contribution in [2.24, 2.45) is 0 Å². The van der Waals surface area contributed by atoms with Gasteiger partial charge in [0.2, 0.25) is 5.91 Å². The highest BCUT2D eigenvalue weighted by molar-refractivity contribution is 5.76. The molecule has 0 radical (unpaired) electrons. The van der Waals surface area contributed by atoms with Gasteiger partial charge in [-0.3, -0.25) is 19.8 Å². The summed E-state index contributed by atoms with van der Waals surface area (Å²) in [5.41, 5.74) is 1.58. The zero-order chi connectivity index (χ0) is 20.5. The predicted octanol–water partition coefficient (Wildman–Crippen LogP) is 2.59. The number of nitro groups is 1. The molecule has 3 rings (SSSR count). The van der Waals surface area contributed by atoms with Crippen LogP contribution in [0.1, 0.15) is 18.0 Å². The van der Waals surface area contributed by atoms with Crippen LogP contribution in [0, 0.1) is 10.1 Å². The van der Waals surface area contributed by atoms with Gasteiger partial charge in [0.25, 0.3) is 5.69 Å². The van der Waals surface area contributed by atoms with Crippen LogP contribution in [-0.4, -0.2) is 55.1 Å². The number of nitro benzene ring substituents is 1. The highest BCUT2D eigenvalue weighted by atomic mass is 16.6. The Kier molecular flexibility index (Phi) is 7.54. The number of amides is 1. The number of carbonyl (C=O) groups excluding carboxylic acids is 1. The van der Waals surface area contributed by atoms with E-state index in [0.717, 1.165) is 18.7 Å². The van der Waals surface area contributed by atoms with Crippen LogP contribution in [0.15, 0.2) is 54.6 Å². The molecule has 29 heavy (non-hydrogen) atoms. The predicted molar refractivity (Wildman–Crippen MR) is 111 cm³/mol. The average molecular weight is 398 g/mol. The minimum absolute atomic E-state index is 0.00404. The van der Waals surface area contributed by atoms with Gasteiger partial charge in [-0.25, -0.2) is 0 Å². The summed E-state index contributed by atoms with van der Waals surface area (Å²) in [6.07, 6.45) is 0.233. The Labute approximate surface area is 170 Å². The molecule has 1 aliphatic rings. The smallest absolute Gasteiger partial charge is 0.292 e. The van der Waals surface area contributed by atoms with Gasteiger partial charge in [0.05, 0.1) is 24.2 Å². The molecular formula is C21H26N4O4. The SMILES string of the molecule is O=C(CCNc1ccccc1[N+](=O)[O-])NCC(c1ccccc1)N1CCOCC1. The number of morpholine rings is 1. The number of anilines is 1. The van der Waals surface area contributed by atoms with Crippen LogP contribution >= 0.6 is 0 Å². The van der Waals surface area contributed by atoms with Crippen molar-refractivity contribution in [2.45, 2.75) is 12.5 Å². The molecule has 0 aliphatic carbocycles. The van der Waals surface area contributed by atoms with E-state index in [2.05, 4.69) is 27.7 Å². The molecule has 2 N–H and O–H groups in total. The number of carbonyl (C=O) groups is 1. The molecule has 1 atom stereocenters. The fourth-order valence-electron chi connectivity index (χ4n) is 3.41. The quantitative estimate of drug-likeness (QED) is 0.498. The lowest BCUT2D eigenvalue weighted by Crippen LogP contribution is -2.44. The number of benzene rings is 2. The van der Waals surface area contributed by atoms with Gasteiger partial charge in [-0.1, -0.05) is 42.5 Å². The third-order valence-corrected chi connectivity index (χ3v) is 4.93. The van der Waals surface area contributed by atoms with E-state index in [1.165, 1.54) is 6.07 Å². The summed E-state index contributed by atoms with van der Waals surface area (Å²) in [6, 6.07) is 16.6. The van der Waals surface area contributed by atoms with Crippen LogP contribution in [0.4, 0.5) is 11.4 Å². The van der Waals surface area contributed by atoms with Crippen LogP contribution in [0.25, 0.3) is 0 Å². The second-order valence-corrected chi connectivity index (χ2v) is 6.83. The Hall–Kier alpha value is -2.97. The van der Waals surface area contributed by atoms with Crippen molar-refractivity contribution in [3.8, 4) is 0 Å². The maximum absolute atomic E-state index is 12.3. The number of hydrogen-bond acceptors (Lipinski definition) is 6. The van der Waals surface area contributed by atoms with Crippen molar-refractivity contribution in [2.75, 3.05) is 44.7 Å². The van der Waals surface area contributed by atoms with Crippen LogP contribution in [0.3, 0.4) is 0 Å². The van der Waals surface area contributed by atoms with E-state index >= 15 is 0 Å². The summed E-state index contributed by atoms with van der Waals surface area (Å²) in [7, 11) is 0. The highest BCUT2D eigenvalue weighted by Gasteiger charge is 2.23. The summed E-state index contributed by atoms with van der Waals surface area (Å²) in [5.74, 6) is -0.0923. The summed E-state index contributed by atoms with van der Waals surface area (Å²) >= 11 is 0. The van der Waals surface area contributed by atoms with Crippen LogP contribution < -0.4 is 10.6 Å². The Morgan fingerprint density at radius 3 is 2.52 bits per heavy atom. The topological polar surface area (TPSA) is 96.7 Å². The molecule has 1 aliphatic heterocycles. The minimum Gasteiger partial charge on any atom is -0.379 e. The fourth-order valence-corrected chi connectivity index (χ4v) is 3.41. The first kappa shape index (κ1) is 20.8. The van der Waals surface area contributed by atoms with Crippen molar-refractivity contribution >= 4 is 17.3 Å². The maximum Gasteiger partial charge on any atom is 0.292 e. The van der Waals surface area contributed by atoms with E-state index in [4.69, 9.17) is 4.74 Å². The third-order valence-electron chi connectivity index (χ3n) is 4.93. The van der Waals surface area contributed by atoms with Crippen LogP contribution in [0.5, 0.6) is 0 Å². The zero-order valence-corrected chi connectivity index (χ0v) is 16.3. The Bertz CT molecular complexity index is 809. The van der Waals surface area contributed by atoms with Gasteiger partial charge in [-0.15, -0.1) is 0 Å². The monoisotopic (exact) mass is 398 g/mol. The zero-order valence-electron chi connectivity index (χ0n) is 16.3. The van der Waals surface area contributed by atoms with E-state index in [-0.39, 0.29) is 24.1 Å². The largest absolute Gasteiger partial charge is 0.379 e. The average Bonchev–Trinajstić information content (AvgIpc) is 2.75. The molecule has 0 bridgehead atoms. The van der Waals surface area contributed by atoms with Crippen LogP contribution in [-0.2, 0) is 9.53 Å². The lowest BCUT2D eigenvalue weighted by Gasteiger charge is -2.35. The molecule has 1 amide bonds. The molecule has 1 fully saturated rings. The van der Waals surface area contributed by atoms with E-state index in [1.807, 2.05) is 18.2 Å². The third kappa shape index (κ3) is 6.00. The first-order chi connectivity index (χ1) is 14.1. The summed E-state index contributed by atoms with van der Waals surface area (Å²) in [5, 5.41) is 17.0. The van der Waals surface area contributed by atoms with Crippen molar-refractivity contribution in [1.82, 2.24) is 10.2 Å². The molecule has 1 heterocycles. The molecular weight excluding hydrogens is 372 g/mol. The number of rotatable bonds is 9. The standard InChI is InChI=1S/C21H26N4O4/c26-21(10-11-22-18-8-4-5-9-19(18)25(27)28)23-16-20(17-6-2-1-3-7-17)24-12-14-29-15-13-24/h1-9,20,22H,10-16H2,(H,23,26). The van der Waals surface area contributed by atoms with Crippen LogP contribution in [0.2, 0.25) is 0 Å². The van der Waals surface area contributed by atoms with Gasteiger partial charge >= 0.3 is 0 Å². The van der Waals surface area contributed by atoms with Crippen molar-refractivity contribution in [3.05, 3.63) is 70.3 Å². The number of para-hydroxylation sites is 2. The molecule has 8 heteroatoms. The summed E-state index contributed by atoms with van der Waals surface area (Å²) < 4.78 is 5.45. The van der Waals surface area contributed by atoms with E-state index in [0.29, 0.717) is 32.0 Å². The molecule has 1 unspecified atom stereocenters. The van der Waals surface area contributed by atoms with E-state index in [9.17, 15) is 14.9 Å². The Morgan fingerprint density at radius 2 is 1.79 bits per heavy atom. The molecule has 0 aromatic heterocycles. The summed E-state index contributed by atoms with van der Waals surface area (Å²) in [6.45, 7) is 3.87. The highest BCUT2D eigenvalue weighted by Crippen LogP contribution is 2.23. The van der Waals surface area contributed by atoms with Crippen molar-refractivity contribution in [1.29, 1.82) is 0 Å². The summed E-state index contributed by atoms with van der Waals surface area (Å²) in [4.78, 5) is 25.3. The van der Waals surface area contributed by atoms with Gasteiger partial charge in [-0.05, 0) is 11.6 Å². The molecule has 2 aromatic rings. The van der Waals surface area contributed by atoms with Gasteiger partial charge in [0.1, 0.15) is 5.69 Å². The van der Waals surface area contributed by atoms with Crippen molar-refractivity contribution in [3.63, 3.8) is 0 Å². The lowest BCUT2D eigenvalue weighted by molar-refractivity contribution is -0.384. The first-order valence-electron chi connectivity index (χ1n) is 9.76. The van der Waals surface area contributed by atoms with Gasteiger partial charge in [0, 0.05) is 38.7 Å². The maximum atomic E-state index is 12.3. The molecule has 0 spiro atoms. The molecule has 8 nitrogen and oxygen atoms in total. The Balaban J connectivity index is 1.52. The number of nitrogens with zero attached hydrogens (tertiary/aromatic N) is 2. The minimum atomic E-state index is -0.435. The molecule has 0 saturated carbocycles. The van der Waals surface area contributed by atoms with Gasteiger partial charge < -0.3 is 15.4 Å². The molecule has 154 valence electrons. The second kappa shape index (κ2) is 10.5. The normalized spacial score (nSPS) is 15.4. The Morgan fingerprint density at radius 1 is 1.10 bits per heavy atom. The fraction of sp³-hybridized carbons (Fsp3) is 0.381. The lowest BCUT2D eigenvalue weighted by atomic mass is 10.0.